The fraction of sp³-hybridized carbons (Fsp3) is 0.882. The van der Waals surface area contributed by atoms with Crippen molar-refractivity contribution < 1.29 is 9.53 Å². The van der Waals surface area contributed by atoms with E-state index < -0.39 is 8.32 Å². The highest BCUT2D eigenvalue weighted by Crippen LogP contribution is 2.42. The van der Waals surface area contributed by atoms with E-state index in [2.05, 4.69) is 48.1 Å². The highest BCUT2D eigenvalue weighted by molar-refractivity contribution is 6.77. The zero-order valence-electron chi connectivity index (χ0n) is 14.5. The quantitative estimate of drug-likeness (QED) is 0.319. The monoisotopic (exact) mass is 300 g/mol. The van der Waals surface area contributed by atoms with Crippen molar-refractivity contribution in [3.63, 3.8) is 0 Å². The van der Waals surface area contributed by atoms with Crippen molar-refractivity contribution in [2.24, 2.45) is 0 Å². The third-order valence-corrected chi connectivity index (χ3v) is 10.5. The van der Waals surface area contributed by atoms with Gasteiger partial charge < -0.3 is 9.53 Å². The van der Waals surface area contributed by atoms with Gasteiger partial charge in [-0.2, -0.15) is 0 Å². The van der Waals surface area contributed by atoms with Crippen LogP contribution in [0.15, 0.2) is 12.7 Å². The number of unbranched alkanes of at least 4 members (excludes halogenated alkanes) is 1. The molecule has 0 amide bonds. The Hall–Kier alpha value is -0.123. The number of hydrogen-bond acceptors (Lipinski definition) is 2. The molecular formula is C17H36O2Si. The van der Waals surface area contributed by atoms with Gasteiger partial charge in [-0.25, -0.2) is 0 Å². The molecular weight excluding hydrogens is 264 g/mol. The lowest BCUT2D eigenvalue weighted by Crippen LogP contribution is -2.47. The average Bonchev–Trinajstić information content (AvgIpc) is 2.32. The van der Waals surface area contributed by atoms with Gasteiger partial charge in [-0.05, 0) is 42.3 Å². The molecule has 0 aliphatic heterocycles. The summed E-state index contributed by atoms with van der Waals surface area (Å²) in [5.41, 5.74) is 1.94. The molecule has 0 aliphatic carbocycles. The number of aliphatic hydroxyl groups excluding tert-OH is 1. The van der Waals surface area contributed by atoms with Crippen LogP contribution in [0.2, 0.25) is 16.6 Å². The van der Waals surface area contributed by atoms with Crippen LogP contribution >= 0.6 is 0 Å². The molecule has 0 aromatic heterocycles. The van der Waals surface area contributed by atoms with E-state index in [4.69, 9.17) is 4.43 Å². The molecule has 20 heavy (non-hydrogen) atoms. The second kappa shape index (κ2) is 9.75. The van der Waals surface area contributed by atoms with Crippen molar-refractivity contribution in [3.8, 4) is 0 Å². The second-order valence-electron chi connectivity index (χ2n) is 6.84. The largest absolute Gasteiger partial charge is 0.416 e. The van der Waals surface area contributed by atoms with Gasteiger partial charge in [-0.15, -0.1) is 6.58 Å². The van der Waals surface area contributed by atoms with Gasteiger partial charge in [0.15, 0.2) is 8.32 Å². The van der Waals surface area contributed by atoms with E-state index in [1.165, 1.54) is 0 Å². The predicted molar refractivity (Wildman–Crippen MR) is 91.7 cm³/mol. The lowest BCUT2D eigenvalue weighted by Gasteiger charge is -2.42. The Morgan fingerprint density at radius 2 is 1.50 bits per heavy atom. The normalized spacial score (nSPS) is 14.3. The molecule has 3 heteroatoms. The smallest absolute Gasteiger partial charge is 0.200 e. The van der Waals surface area contributed by atoms with Crippen LogP contribution in [0.4, 0.5) is 0 Å². The second-order valence-corrected chi connectivity index (χ2v) is 12.3. The minimum atomic E-state index is -1.70. The summed E-state index contributed by atoms with van der Waals surface area (Å²) in [6.45, 7) is 18.4. The van der Waals surface area contributed by atoms with Crippen molar-refractivity contribution >= 4 is 8.32 Å². The first-order valence-corrected chi connectivity index (χ1v) is 10.4. The Morgan fingerprint density at radius 3 is 1.90 bits per heavy atom. The minimum absolute atomic E-state index is 0.227. The molecule has 0 heterocycles. The molecule has 120 valence electrons. The summed E-state index contributed by atoms with van der Waals surface area (Å²) in [5, 5.41) is 9.67. The Balaban J connectivity index is 4.26. The molecule has 0 aromatic rings. The number of rotatable bonds is 11. The molecule has 0 saturated heterocycles. The van der Waals surface area contributed by atoms with E-state index in [9.17, 15) is 5.11 Å². The highest BCUT2D eigenvalue weighted by Gasteiger charge is 2.44. The summed E-state index contributed by atoms with van der Waals surface area (Å²) < 4.78 is 6.49. The van der Waals surface area contributed by atoms with Crippen LogP contribution in [-0.2, 0) is 4.43 Å². The van der Waals surface area contributed by atoms with Crippen molar-refractivity contribution in [2.45, 2.75) is 90.0 Å². The van der Waals surface area contributed by atoms with Crippen LogP contribution in [0.1, 0.15) is 67.2 Å². The predicted octanol–water partition coefficient (Wildman–Crippen LogP) is 5.29. The van der Waals surface area contributed by atoms with E-state index in [-0.39, 0.29) is 6.10 Å². The lowest BCUT2D eigenvalue weighted by atomic mass is 10.1. The van der Waals surface area contributed by atoms with Gasteiger partial charge in [0.05, 0.1) is 6.10 Å². The van der Waals surface area contributed by atoms with Crippen LogP contribution < -0.4 is 0 Å². The molecule has 0 spiro atoms. The average molecular weight is 301 g/mol. The summed E-state index contributed by atoms with van der Waals surface area (Å²) in [4.78, 5) is 0. The molecule has 0 unspecified atom stereocenters. The standard InChI is InChI=1S/C17H36O2Si/c1-8-11-17(18)12-9-10-13-19-20(14(2)3,15(4)5)16(6)7/h8,14-18H,1,9-13H2,2-7H3/t17-/m1/s1. The summed E-state index contributed by atoms with van der Waals surface area (Å²) in [6.07, 6.45) is 5.20. The zero-order valence-corrected chi connectivity index (χ0v) is 15.5. The van der Waals surface area contributed by atoms with Gasteiger partial charge in [0, 0.05) is 6.61 Å². The van der Waals surface area contributed by atoms with Crippen molar-refractivity contribution in [2.75, 3.05) is 6.61 Å². The maximum atomic E-state index is 9.67. The maximum Gasteiger partial charge on any atom is 0.200 e. The van der Waals surface area contributed by atoms with Crippen LogP contribution in [-0.4, -0.2) is 26.1 Å². The van der Waals surface area contributed by atoms with E-state index in [0.29, 0.717) is 23.0 Å². The molecule has 1 atom stereocenters. The van der Waals surface area contributed by atoms with E-state index in [1.54, 1.807) is 6.08 Å². The first kappa shape index (κ1) is 19.9. The third kappa shape index (κ3) is 5.70. The number of hydrogen-bond donors (Lipinski definition) is 1. The van der Waals surface area contributed by atoms with Crippen LogP contribution in [0.25, 0.3) is 0 Å². The Labute approximate surface area is 127 Å². The van der Waals surface area contributed by atoms with Gasteiger partial charge in [0.25, 0.3) is 0 Å². The van der Waals surface area contributed by atoms with Gasteiger partial charge in [-0.1, -0.05) is 47.6 Å². The Kier molecular flexibility index (Phi) is 9.69. The third-order valence-electron chi connectivity index (χ3n) is 4.43. The zero-order chi connectivity index (χ0) is 15.8. The van der Waals surface area contributed by atoms with Crippen LogP contribution in [0, 0.1) is 0 Å². The maximum absolute atomic E-state index is 9.67. The minimum Gasteiger partial charge on any atom is -0.416 e. The van der Waals surface area contributed by atoms with Gasteiger partial charge in [-0.3, -0.25) is 0 Å². The summed E-state index contributed by atoms with van der Waals surface area (Å²) in [6, 6.07) is 0. The summed E-state index contributed by atoms with van der Waals surface area (Å²) >= 11 is 0. The van der Waals surface area contributed by atoms with E-state index in [0.717, 1.165) is 25.9 Å². The molecule has 2 nitrogen and oxygen atoms in total. The first-order valence-electron chi connectivity index (χ1n) is 8.21. The molecule has 1 N–H and O–H groups in total. The fourth-order valence-electron chi connectivity index (χ4n) is 3.54. The van der Waals surface area contributed by atoms with Gasteiger partial charge in [0.1, 0.15) is 0 Å². The SMILES string of the molecule is C=CC[C@@H](O)CCCCO[Si](C(C)C)(C(C)C)C(C)C. The first-order chi connectivity index (χ1) is 9.28. The summed E-state index contributed by atoms with van der Waals surface area (Å²) in [7, 11) is -1.70. The summed E-state index contributed by atoms with van der Waals surface area (Å²) in [5.74, 6) is 0. The highest BCUT2D eigenvalue weighted by atomic mass is 28.4. The molecule has 0 aliphatic rings. The van der Waals surface area contributed by atoms with E-state index in [1.807, 2.05) is 0 Å². The van der Waals surface area contributed by atoms with E-state index >= 15 is 0 Å². The molecule has 0 aromatic carbocycles. The number of aliphatic hydroxyl groups is 1. The Morgan fingerprint density at radius 1 is 1.00 bits per heavy atom. The molecule has 0 saturated carbocycles. The van der Waals surface area contributed by atoms with Crippen molar-refractivity contribution in [1.82, 2.24) is 0 Å². The topological polar surface area (TPSA) is 29.5 Å². The van der Waals surface area contributed by atoms with Crippen molar-refractivity contribution in [3.05, 3.63) is 12.7 Å². The Bertz CT molecular complexity index is 240. The molecule has 0 radical (unpaired) electrons. The fourth-order valence-corrected chi connectivity index (χ4v) is 9.04. The van der Waals surface area contributed by atoms with Gasteiger partial charge in [0.2, 0.25) is 0 Å². The van der Waals surface area contributed by atoms with Crippen LogP contribution in [0.5, 0.6) is 0 Å². The molecule has 0 rings (SSSR count). The molecule has 0 bridgehead atoms. The van der Waals surface area contributed by atoms with Crippen molar-refractivity contribution in [1.29, 1.82) is 0 Å². The lowest BCUT2D eigenvalue weighted by molar-refractivity contribution is 0.160. The van der Waals surface area contributed by atoms with Crippen LogP contribution in [0.3, 0.4) is 0 Å². The van der Waals surface area contributed by atoms with Gasteiger partial charge >= 0.3 is 0 Å². The molecule has 0 fully saturated rings.